The molecule has 5 atom stereocenters. The Balaban J connectivity index is 1.85. The molecule has 2 aliphatic rings. The predicted molar refractivity (Wildman–Crippen MR) is 73.9 cm³/mol. The van der Waals surface area contributed by atoms with Crippen molar-refractivity contribution in [1.29, 1.82) is 0 Å². The minimum Gasteiger partial charge on any atom is -0.329 e. The molecule has 17 heavy (non-hydrogen) atoms. The standard InChI is InChI=1S/C15H30N2/c1-4-11(2)15(9-16)17(3)10-14-8-12-5-6-13(14)7-12/h11-15H,4-10,16H2,1-3H3. The Morgan fingerprint density at radius 2 is 2.06 bits per heavy atom. The second kappa shape index (κ2) is 5.71. The summed E-state index contributed by atoms with van der Waals surface area (Å²) >= 11 is 0. The van der Waals surface area contributed by atoms with Crippen molar-refractivity contribution in [2.24, 2.45) is 29.4 Å². The number of fused-ring (bicyclic) bond motifs is 2. The van der Waals surface area contributed by atoms with E-state index in [-0.39, 0.29) is 0 Å². The number of nitrogens with two attached hydrogens (primary N) is 1. The van der Waals surface area contributed by atoms with Crippen LogP contribution in [0.4, 0.5) is 0 Å². The highest BCUT2D eigenvalue weighted by Gasteiger charge is 2.40. The molecule has 0 saturated heterocycles. The SMILES string of the molecule is CCC(C)C(CN)N(C)CC1CC2CCC1C2. The second-order valence-corrected chi connectivity index (χ2v) is 6.56. The Kier molecular flexibility index (Phi) is 4.48. The van der Waals surface area contributed by atoms with E-state index in [1.165, 1.54) is 38.6 Å². The molecule has 2 bridgehead atoms. The van der Waals surface area contributed by atoms with E-state index in [1.54, 1.807) is 0 Å². The van der Waals surface area contributed by atoms with Crippen molar-refractivity contribution in [2.45, 2.75) is 52.0 Å². The number of hydrogen-bond acceptors (Lipinski definition) is 2. The van der Waals surface area contributed by atoms with Gasteiger partial charge in [0.1, 0.15) is 0 Å². The fourth-order valence-corrected chi connectivity index (χ4v) is 4.22. The molecule has 0 aromatic rings. The molecule has 0 heterocycles. The summed E-state index contributed by atoms with van der Waals surface area (Å²) in [6, 6.07) is 0.583. The van der Waals surface area contributed by atoms with E-state index in [2.05, 4.69) is 25.8 Å². The lowest BCUT2D eigenvalue weighted by Gasteiger charge is -2.35. The lowest BCUT2D eigenvalue weighted by molar-refractivity contribution is 0.139. The topological polar surface area (TPSA) is 29.3 Å². The van der Waals surface area contributed by atoms with Crippen molar-refractivity contribution in [3.05, 3.63) is 0 Å². The summed E-state index contributed by atoms with van der Waals surface area (Å²) in [5.74, 6) is 3.80. The average Bonchev–Trinajstić information content (AvgIpc) is 2.91. The van der Waals surface area contributed by atoms with Crippen LogP contribution in [0, 0.1) is 23.7 Å². The Labute approximate surface area is 107 Å². The van der Waals surface area contributed by atoms with Gasteiger partial charge in [-0.25, -0.2) is 0 Å². The first-order valence-electron chi connectivity index (χ1n) is 7.56. The van der Waals surface area contributed by atoms with Crippen LogP contribution in [0.1, 0.15) is 46.0 Å². The minimum atomic E-state index is 0.583. The van der Waals surface area contributed by atoms with E-state index in [1.807, 2.05) is 0 Å². The van der Waals surface area contributed by atoms with Gasteiger partial charge in [-0.05, 0) is 50.0 Å². The van der Waals surface area contributed by atoms with Gasteiger partial charge in [-0.2, -0.15) is 0 Å². The highest BCUT2D eigenvalue weighted by molar-refractivity contribution is 4.92. The van der Waals surface area contributed by atoms with E-state index in [0.29, 0.717) is 6.04 Å². The van der Waals surface area contributed by atoms with Gasteiger partial charge in [-0.3, -0.25) is 0 Å². The highest BCUT2D eigenvalue weighted by atomic mass is 15.1. The molecule has 0 radical (unpaired) electrons. The fourth-order valence-electron chi connectivity index (χ4n) is 4.22. The van der Waals surface area contributed by atoms with Crippen LogP contribution in [0.2, 0.25) is 0 Å². The first-order chi connectivity index (χ1) is 8.15. The third-order valence-electron chi connectivity index (χ3n) is 5.52. The van der Waals surface area contributed by atoms with E-state index in [4.69, 9.17) is 5.73 Å². The molecule has 0 aromatic heterocycles. The first kappa shape index (κ1) is 13.4. The van der Waals surface area contributed by atoms with Crippen molar-refractivity contribution >= 4 is 0 Å². The summed E-state index contributed by atoms with van der Waals surface area (Å²) in [6.45, 7) is 6.72. The summed E-state index contributed by atoms with van der Waals surface area (Å²) in [5, 5.41) is 0. The average molecular weight is 238 g/mol. The molecule has 0 spiro atoms. The Morgan fingerprint density at radius 3 is 2.53 bits per heavy atom. The molecule has 2 heteroatoms. The van der Waals surface area contributed by atoms with Gasteiger partial charge in [-0.1, -0.05) is 26.7 Å². The molecule has 2 fully saturated rings. The van der Waals surface area contributed by atoms with Gasteiger partial charge < -0.3 is 10.6 Å². The Morgan fingerprint density at radius 1 is 1.29 bits per heavy atom. The summed E-state index contributed by atoms with van der Waals surface area (Å²) in [6.07, 6.45) is 7.27. The van der Waals surface area contributed by atoms with Crippen LogP contribution >= 0.6 is 0 Å². The van der Waals surface area contributed by atoms with Gasteiger partial charge in [-0.15, -0.1) is 0 Å². The molecule has 2 nitrogen and oxygen atoms in total. The lowest BCUT2D eigenvalue weighted by atomic mass is 9.87. The van der Waals surface area contributed by atoms with Crippen molar-refractivity contribution in [3.63, 3.8) is 0 Å². The Hall–Kier alpha value is -0.0800. The van der Waals surface area contributed by atoms with Gasteiger partial charge >= 0.3 is 0 Å². The van der Waals surface area contributed by atoms with Gasteiger partial charge in [0, 0.05) is 19.1 Å². The highest BCUT2D eigenvalue weighted by Crippen LogP contribution is 2.48. The minimum absolute atomic E-state index is 0.583. The van der Waals surface area contributed by atoms with Crippen LogP contribution < -0.4 is 5.73 Å². The van der Waals surface area contributed by atoms with Gasteiger partial charge in [0.15, 0.2) is 0 Å². The summed E-state index contributed by atoms with van der Waals surface area (Å²) in [7, 11) is 2.29. The smallest absolute Gasteiger partial charge is 0.0240 e. The number of hydrogen-bond donors (Lipinski definition) is 1. The van der Waals surface area contributed by atoms with Crippen LogP contribution in [0.3, 0.4) is 0 Å². The van der Waals surface area contributed by atoms with Crippen LogP contribution in [0.5, 0.6) is 0 Å². The van der Waals surface area contributed by atoms with E-state index in [9.17, 15) is 0 Å². The first-order valence-corrected chi connectivity index (χ1v) is 7.56. The van der Waals surface area contributed by atoms with E-state index in [0.717, 1.165) is 30.2 Å². The molecule has 2 rings (SSSR count). The van der Waals surface area contributed by atoms with Gasteiger partial charge in [0.05, 0.1) is 0 Å². The van der Waals surface area contributed by atoms with Crippen LogP contribution in [-0.4, -0.2) is 31.1 Å². The number of likely N-dealkylation sites (N-methyl/N-ethyl adjacent to an activating group) is 1. The zero-order chi connectivity index (χ0) is 12.4. The fraction of sp³-hybridized carbons (Fsp3) is 1.00. The third-order valence-corrected chi connectivity index (χ3v) is 5.52. The van der Waals surface area contributed by atoms with Crippen LogP contribution in [-0.2, 0) is 0 Å². The number of rotatable bonds is 6. The molecule has 2 saturated carbocycles. The lowest BCUT2D eigenvalue weighted by Crippen LogP contribution is -2.45. The summed E-state index contributed by atoms with van der Waals surface area (Å²) in [4.78, 5) is 2.56. The van der Waals surface area contributed by atoms with Crippen molar-refractivity contribution in [3.8, 4) is 0 Å². The van der Waals surface area contributed by atoms with Crippen molar-refractivity contribution in [2.75, 3.05) is 20.1 Å². The summed E-state index contributed by atoms with van der Waals surface area (Å²) < 4.78 is 0. The third kappa shape index (κ3) is 2.85. The molecule has 2 aliphatic carbocycles. The van der Waals surface area contributed by atoms with Gasteiger partial charge in [0.25, 0.3) is 0 Å². The number of nitrogens with zero attached hydrogens (tertiary/aromatic N) is 1. The van der Waals surface area contributed by atoms with Crippen LogP contribution in [0.25, 0.3) is 0 Å². The molecule has 100 valence electrons. The Bertz CT molecular complexity index is 241. The van der Waals surface area contributed by atoms with Crippen LogP contribution in [0.15, 0.2) is 0 Å². The second-order valence-electron chi connectivity index (χ2n) is 6.56. The quantitative estimate of drug-likeness (QED) is 0.771. The zero-order valence-electron chi connectivity index (χ0n) is 11.9. The summed E-state index contributed by atoms with van der Waals surface area (Å²) in [5.41, 5.74) is 5.96. The molecular weight excluding hydrogens is 208 g/mol. The molecule has 0 amide bonds. The van der Waals surface area contributed by atoms with E-state index < -0.39 is 0 Å². The normalized spacial score (nSPS) is 35.5. The van der Waals surface area contributed by atoms with Crippen molar-refractivity contribution < 1.29 is 0 Å². The molecule has 5 unspecified atom stereocenters. The maximum Gasteiger partial charge on any atom is 0.0240 e. The predicted octanol–water partition coefficient (Wildman–Crippen LogP) is 2.73. The van der Waals surface area contributed by atoms with Gasteiger partial charge in [0.2, 0.25) is 0 Å². The maximum absolute atomic E-state index is 5.96. The molecule has 0 aliphatic heterocycles. The molecular formula is C15H30N2. The largest absolute Gasteiger partial charge is 0.329 e. The van der Waals surface area contributed by atoms with Crippen molar-refractivity contribution in [1.82, 2.24) is 4.90 Å². The molecule has 2 N–H and O–H groups in total. The molecule has 0 aromatic carbocycles. The maximum atomic E-state index is 5.96. The monoisotopic (exact) mass is 238 g/mol. The zero-order valence-corrected chi connectivity index (χ0v) is 11.9. The van der Waals surface area contributed by atoms with E-state index >= 15 is 0 Å².